The van der Waals surface area contributed by atoms with Crippen molar-refractivity contribution < 1.29 is 4.79 Å². The van der Waals surface area contributed by atoms with E-state index in [9.17, 15) is 4.79 Å². The van der Waals surface area contributed by atoms with E-state index >= 15 is 0 Å². The molecule has 1 heterocycles. The molecule has 1 aromatic carbocycles. The summed E-state index contributed by atoms with van der Waals surface area (Å²) in [6.07, 6.45) is 0. The van der Waals surface area contributed by atoms with Gasteiger partial charge in [-0.1, -0.05) is 12.1 Å². The summed E-state index contributed by atoms with van der Waals surface area (Å²) in [5.41, 5.74) is 1.89. The molecule has 5 heteroatoms. The molecule has 2 rings (SSSR count). The molecule has 0 spiro atoms. The van der Waals surface area contributed by atoms with Crippen LogP contribution in [-0.4, -0.2) is 66.4 Å². The number of hydrogen-bond donors (Lipinski definition) is 0. The molecule has 1 aliphatic heterocycles. The van der Waals surface area contributed by atoms with Gasteiger partial charge in [0.1, 0.15) is 0 Å². The fraction of sp³-hybridized carbons (Fsp3) is 0.556. The molecule has 124 valence electrons. The zero-order valence-electron chi connectivity index (χ0n) is 14.2. The first-order valence-corrected chi connectivity index (χ1v) is 8.37. The Morgan fingerprint density at radius 1 is 1.17 bits per heavy atom. The van der Waals surface area contributed by atoms with Gasteiger partial charge in [0.15, 0.2) is 0 Å². The molecule has 0 N–H and O–H groups in total. The molecular formula is C18H26N4O. The number of amides is 1. The van der Waals surface area contributed by atoms with Gasteiger partial charge >= 0.3 is 0 Å². The van der Waals surface area contributed by atoms with Gasteiger partial charge in [-0.3, -0.25) is 14.6 Å². The maximum Gasteiger partial charge on any atom is 0.236 e. The normalized spacial score (nSPS) is 16.0. The number of nitrogens with zero attached hydrogens (tertiary/aromatic N) is 4. The SMILES string of the molecule is CCN(CC)C(=O)CN1CCN(Cc2cccc(C#N)c2)CC1. The first kappa shape index (κ1) is 17.5. The molecule has 23 heavy (non-hydrogen) atoms. The van der Waals surface area contributed by atoms with Gasteiger partial charge in [0, 0.05) is 45.8 Å². The minimum absolute atomic E-state index is 0.227. The second-order valence-electron chi connectivity index (χ2n) is 5.93. The fourth-order valence-corrected chi connectivity index (χ4v) is 2.97. The molecule has 1 saturated heterocycles. The maximum atomic E-state index is 12.2. The number of hydrogen-bond acceptors (Lipinski definition) is 4. The molecule has 0 saturated carbocycles. The van der Waals surface area contributed by atoms with Crippen LogP contribution in [0, 0.1) is 11.3 Å². The van der Waals surface area contributed by atoms with Crippen LogP contribution in [0.25, 0.3) is 0 Å². The third kappa shape index (κ3) is 5.05. The summed E-state index contributed by atoms with van der Waals surface area (Å²) in [4.78, 5) is 18.7. The monoisotopic (exact) mass is 314 g/mol. The van der Waals surface area contributed by atoms with Gasteiger partial charge in [-0.15, -0.1) is 0 Å². The third-order valence-corrected chi connectivity index (χ3v) is 4.40. The molecule has 1 amide bonds. The Kier molecular flexibility index (Phi) is 6.57. The summed E-state index contributed by atoms with van der Waals surface area (Å²) >= 11 is 0. The lowest BCUT2D eigenvalue weighted by Gasteiger charge is -2.35. The third-order valence-electron chi connectivity index (χ3n) is 4.40. The van der Waals surface area contributed by atoms with E-state index in [0.717, 1.165) is 45.8 Å². The van der Waals surface area contributed by atoms with Gasteiger partial charge < -0.3 is 4.90 Å². The first-order chi connectivity index (χ1) is 11.2. The predicted molar refractivity (Wildman–Crippen MR) is 90.8 cm³/mol. The van der Waals surface area contributed by atoms with Crippen LogP contribution in [0.15, 0.2) is 24.3 Å². The average molecular weight is 314 g/mol. The van der Waals surface area contributed by atoms with Gasteiger partial charge in [0.2, 0.25) is 5.91 Å². The first-order valence-electron chi connectivity index (χ1n) is 8.37. The molecule has 0 unspecified atom stereocenters. The molecular weight excluding hydrogens is 288 g/mol. The number of nitriles is 1. The zero-order valence-corrected chi connectivity index (χ0v) is 14.2. The van der Waals surface area contributed by atoms with Crippen LogP contribution in [0.1, 0.15) is 25.0 Å². The lowest BCUT2D eigenvalue weighted by atomic mass is 10.1. The lowest BCUT2D eigenvalue weighted by Crippen LogP contribution is -2.49. The number of piperazine rings is 1. The Morgan fingerprint density at radius 3 is 2.43 bits per heavy atom. The molecule has 0 aliphatic carbocycles. The molecule has 0 radical (unpaired) electrons. The van der Waals surface area contributed by atoms with E-state index < -0.39 is 0 Å². The van der Waals surface area contributed by atoms with Gasteiger partial charge in [0.05, 0.1) is 18.2 Å². The summed E-state index contributed by atoms with van der Waals surface area (Å²) in [7, 11) is 0. The smallest absolute Gasteiger partial charge is 0.236 e. The van der Waals surface area contributed by atoms with Crippen LogP contribution in [0.3, 0.4) is 0 Å². The second kappa shape index (κ2) is 8.66. The second-order valence-corrected chi connectivity index (χ2v) is 5.93. The summed E-state index contributed by atoms with van der Waals surface area (Å²) in [5, 5.41) is 8.97. The van der Waals surface area contributed by atoms with Crippen molar-refractivity contribution in [2.45, 2.75) is 20.4 Å². The van der Waals surface area contributed by atoms with Crippen molar-refractivity contribution in [2.24, 2.45) is 0 Å². The number of rotatable bonds is 6. The average Bonchev–Trinajstić information content (AvgIpc) is 2.58. The molecule has 1 aromatic rings. The molecule has 5 nitrogen and oxygen atoms in total. The van der Waals surface area contributed by atoms with E-state index in [-0.39, 0.29) is 5.91 Å². The van der Waals surface area contributed by atoms with E-state index in [2.05, 4.69) is 21.9 Å². The highest BCUT2D eigenvalue weighted by Gasteiger charge is 2.20. The van der Waals surface area contributed by atoms with Gasteiger partial charge in [-0.25, -0.2) is 0 Å². The highest BCUT2D eigenvalue weighted by molar-refractivity contribution is 5.78. The minimum atomic E-state index is 0.227. The van der Waals surface area contributed by atoms with Crippen molar-refractivity contribution in [2.75, 3.05) is 45.8 Å². The number of likely N-dealkylation sites (N-methyl/N-ethyl adjacent to an activating group) is 1. The zero-order chi connectivity index (χ0) is 16.7. The van der Waals surface area contributed by atoms with Crippen LogP contribution >= 0.6 is 0 Å². The largest absolute Gasteiger partial charge is 0.342 e. The Morgan fingerprint density at radius 2 is 1.83 bits per heavy atom. The molecule has 1 aliphatic rings. The van der Waals surface area contributed by atoms with Crippen LogP contribution in [-0.2, 0) is 11.3 Å². The lowest BCUT2D eigenvalue weighted by molar-refractivity contribution is -0.132. The number of benzene rings is 1. The number of carbonyl (C=O) groups is 1. The van der Waals surface area contributed by atoms with Gasteiger partial charge in [-0.05, 0) is 31.5 Å². The fourth-order valence-electron chi connectivity index (χ4n) is 2.97. The van der Waals surface area contributed by atoms with Crippen LogP contribution < -0.4 is 0 Å². The van der Waals surface area contributed by atoms with E-state index in [1.807, 2.05) is 36.9 Å². The predicted octanol–water partition coefficient (Wildman–Crippen LogP) is 1.54. The molecule has 1 fully saturated rings. The van der Waals surface area contributed by atoms with Crippen LogP contribution in [0.5, 0.6) is 0 Å². The van der Waals surface area contributed by atoms with E-state index in [0.29, 0.717) is 12.1 Å². The molecule has 0 aromatic heterocycles. The Hall–Kier alpha value is -1.90. The standard InChI is InChI=1S/C18H26N4O/c1-3-22(4-2)18(23)15-21-10-8-20(9-11-21)14-17-7-5-6-16(12-17)13-19/h5-7,12H,3-4,8-11,14-15H2,1-2H3. The van der Waals surface area contributed by atoms with E-state index in [1.165, 1.54) is 5.56 Å². The summed E-state index contributed by atoms with van der Waals surface area (Å²) in [6.45, 7) is 10.8. The van der Waals surface area contributed by atoms with Crippen molar-refractivity contribution in [3.05, 3.63) is 35.4 Å². The van der Waals surface area contributed by atoms with Crippen molar-refractivity contribution in [1.82, 2.24) is 14.7 Å². The summed E-state index contributed by atoms with van der Waals surface area (Å²) < 4.78 is 0. The van der Waals surface area contributed by atoms with Gasteiger partial charge in [-0.2, -0.15) is 5.26 Å². The Bertz CT molecular complexity index is 554. The Balaban J connectivity index is 1.79. The molecule has 0 atom stereocenters. The van der Waals surface area contributed by atoms with E-state index in [4.69, 9.17) is 5.26 Å². The highest BCUT2D eigenvalue weighted by atomic mass is 16.2. The number of carbonyl (C=O) groups excluding carboxylic acids is 1. The van der Waals surface area contributed by atoms with Crippen molar-refractivity contribution in [3.8, 4) is 6.07 Å². The quantitative estimate of drug-likeness (QED) is 0.799. The van der Waals surface area contributed by atoms with Crippen molar-refractivity contribution >= 4 is 5.91 Å². The maximum absolute atomic E-state index is 12.2. The molecule has 0 bridgehead atoms. The van der Waals surface area contributed by atoms with Crippen LogP contribution in [0.4, 0.5) is 0 Å². The minimum Gasteiger partial charge on any atom is -0.342 e. The van der Waals surface area contributed by atoms with Crippen molar-refractivity contribution in [3.63, 3.8) is 0 Å². The van der Waals surface area contributed by atoms with Crippen LogP contribution in [0.2, 0.25) is 0 Å². The van der Waals surface area contributed by atoms with Gasteiger partial charge in [0.25, 0.3) is 0 Å². The van der Waals surface area contributed by atoms with E-state index in [1.54, 1.807) is 0 Å². The topological polar surface area (TPSA) is 50.6 Å². The summed E-state index contributed by atoms with van der Waals surface area (Å²) in [6, 6.07) is 9.98. The highest BCUT2D eigenvalue weighted by Crippen LogP contribution is 2.10. The Labute approximate surface area is 139 Å². The summed E-state index contributed by atoms with van der Waals surface area (Å²) in [5.74, 6) is 0.227. The van der Waals surface area contributed by atoms with Crippen molar-refractivity contribution in [1.29, 1.82) is 5.26 Å².